The molecule has 0 amide bonds. The Bertz CT molecular complexity index is 393. The Balaban J connectivity index is 2.06. The molecule has 0 atom stereocenters. The van der Waals surface area contributed by atoms with Crippen LogP contribution in [0.2, 0.25) is 0 Å². The van der Waals surface area contributed by atoms with Gasteiger partial charge in [-0.05, 0) is 51.1 Å². The molecule has 1 rings (SSSR count). The smallest absolute Gasteiger partial charge is 0.304 e. The molecule has 1 aromatic rings. The first kappa shape index (κ1) is 15.5. The summed E-state index contributed by atoms with van der Waals surface area (Å²) in [6.07, 6.45) is 2.20. The molecule has 0 radical (unpaired) electrons. The van der Waals surface area contributed by atoms with Crippen molar-refractivity contribution >= 4 is 5.97 Å². The Kier molecular flexibility index (Phi) is 6.97. The predicted octanol–water partition coefficient (Wildman–Crippen LogP) is 2.56. The minimum atomic E-state index is -0.741. The van der Waals surface area contributed by atoms with E-state index < -0.39 is 5.97 Å². The second-order valence-corrected chi connectivity index (χ2v) is 4.82. The van der Waals surface area contributed by atoms with Crippen molar-refractivity contribution in [1.29, 1.82) is 0 Å². The van der Waals surface area contributed by atoms with Gasteiger partial charge in [0, 0.05) is 6.54 Å². The third-order valence-corrected chi connectivity index (χ3v) is 2.90. The summed E-state index contributed by atoms with van der Waals surface area (Å²) in [5, 5.41) is 8.57. The molecule has 0 aliphatic rings. The lowest BCUT2D eigenvalue weighted by Crippen LogP contribution is -2.23. The van der Waals surface area contributed by atoms with Crippen molar-refractivity contribution in [3.05, 3.63) is 29.8 Å². The molecule has 0 heterocycles. The number of carbonyl (C=O) groups is 1. The highest BCUT2D eigenvalue weighted by molar-refractivity contribution is 5.66. The molecule has 0 fully saturated rings. The first-order chi connectivity index (χ1) is 9.08. The number of carboxylic acids is 1. The number of carboxylic acid groups (broad SMARTS) is 1. The van der Waals surface area contributed by atoms with Gasteiger partial charge in [-0.1, -0.05) is 12.1 Å². The third-order valence-electron chi connectivity index (χ3n) is 2.90. The summed E-state index contributed by atoms with van der Waals surface area (Å²) < 4.78 is 5.65. The quantitative estimate of drug-likeness (QED) is 0.697. The Hall–Kier alpha value is -1.55. The molecule has 0 unspecified atom stereocenters. The molecule has 0 bridgehead atoms. The minimum Gasteiger partial charge on any atom is -0.494 e. The van der Waals surface area contributed by atoms with Crippen LogP contribution in [0, 0.1) is 6.92 Å². The number of ether oxygens (including phenoxy) is 1. The average Bonchev–Trinajstić information content (AvgIpc) is 2.36. The zero-order chi connectivity index (χ0) is 14.1. The molecule has 106 valence electrons. The summed E-state index contributed by atoms with van der Waals surface area (Å²) >= 11 is 0. The van der Waals surface area contributed by atoms with Gasteiger partial charge in [-0.2, -0.15) is 0 Å². The van der Waals surface area contributed by atoms with Gasteiger partial charge < -0.3 is 14.7 Å². The van der Waals surface area contributed by atoms with E-state index in [0.29, 0.717) is 13.2 Å². The zero-order valence-electron chi connectivity index (χ0n) is 11.8. The van der Waals surface area contributed by atoms with E-state index in [1.165, 1.54) is 5.56 Å². The number of hydrogen-bond acceptors (Lipinski definition) is 3. The van der Waals surface area contributed by atoms with E-state index in [1.807, 2.05) is 43.1 Å². The molecule has 1 aromatic carbocycles. The molecule has 0 aromatic heterocycles. The fraction of sp³-hybridized carbons (Fsp3) is 0.533. The molecule has 0 aliphatic carbocycles. The summed E-state index contributed by atoms with van der Waals surface area (Å²) in [6.45, 7) is 4.26. The van der Waals surface area contributed by atoms with Gasteiger partial charge in [-0.3, -0.25) is 4.79 Å². The van der Waals surface area contributed by atoms with Crippen molar-refractivity contribution in [2.24, 2.45) is 0 Å². The summed E-state index contributed by atoms with van der Waals surface area (Å²) in [4.78, 5) is 12.5. The van der Waals surface area contributed by atoms with Crippen LogP contribution >= 0.6 is 0 Å². The van der Waals surface area contributed by atoms with Crippen molar-refractivity contribution in [3.63, 3.8) is 0 Å². The van der Waals surface area contributed by atoms with Crippen LogP contribution in [-0.4, -0.2) is 42.7 Å². The van der Waals surface area contributed by atoms with Crippen molar-refractivity contribution in [2.45, 2.75) is 26.2 Å². The standard InChI is InChI=1S/C15H23NO3/c1-13-6-5-7-14(12-13)19-11-4-3-9-16(2)10-8-15(17)18/h5-7,12H,3-4,8-11H2,1-2H3,(H,17,18). The number of aliphatic carboxylic acids is 1. The van der Waals surface area contributed by atoms with E-state index in [9.17, 15) is 4.79 Å². The maximum Gasteiger partial charge on any atom is 0.304 e. The van der Waals surface area contributed by atoms with Gasteiger partial charge in [0.25, 0.3) is 0 Å². The monoisotopic (exact) mass is 265 g/mol. The SMILES string of the molecule is Cc1cccc(OCCCCN(C)CCC(=O)O)c1. The highest BCUT2D eigenvalue weighted by atomic mass is 16.5. The number of hydrogen-bond donors (Lipinski definition) is 1. The number of nitrogens with zero attached hydrogens (tertiary/aromatic N) is 1. The minimum absolute atomic E-state index is 0.205. The van der Waals surface area contributed by atoms with Gasteiger partial charge in [-0.25, -0.2) is 0 Å². The van der Waals surface area contributed by atoms with E-state index in [4.69, 9.17) is 9.84 Å². The Morgan fingerprint density at radius 1 is 1.32 bits per heavy atom. The van der Waals surface area contributed by atoms with Crippen molar-refractivity contribution < 1.29 is 14.6 Å². The van der Waals surface area contributed by atoms with E-state index in [2.05, 4.69) is 0 Å². The number of benzene rings is 1. The van der Waals surface area contributed by atoms with Crippen LogP contribution < -0.4 is 4.74 Å². The summed E-state index contributed by atoms with van der Waals surface area (Å²) in [6, 6.07) is 8.03. The maximum absolute atomic E-state index is 10.4. The summed E-state index contributed by atoms with van der Waals surface area (Å²) in [5.41, 5.74) is 1.20. The Labute approximate surface area is 115 Å². The number of aryl methyl sites for hydroxylation is 1. The lowest BCUT2D eigenvalue weighted by Gasteiger charge is -2.15. The molecule has 4 nitrogen and oxygen atoms in total. The first-order valence-electron chi connectivity index (χ1n) is 6.68. The lowest BCUT2D eigenvalue weighted by atomic mass is 10.2. The average molecular weight is 265 g/mol. The zero-order valence-corrected chi connectivity index (χ0v) is 11.8. The first-order valence-corrected chi connectivity index (χ1v) is 6.68. The predicted molar refractivity (Wildman–Crippen MR) is 75.7 cm³/mol. The molecule has 0 aliphatic heterocycles. The molecular weight excluding hydrogens is 242 g/mol. The maximum atomic E-state index is 10.4. The van der Waals surface area contributed by atoms with E-state index in [0.717, 1.165) is 25.1 Å². The highest BCUT2D eigenvalue weighted by Gasteiger charge is 2.02. The number of unbranched alkanes of at least 4 members (excludes halogenated alkanes) is 1. The van der Waals surface area contributed by atoms with Crippen molar-refractivity contribution in [1.82, 2.24) is 4.90 Å². The molecule has 0 saturated carbocycles. The van der Waals surface area contributed by atoms with Gasteiger partial charge in [0.15, 0.2) is 0 Å². The third kappa shape index (κ3) is 7.47. The van der Waals surface area contributed by atoms with Gasteiger partial charge in [0.1, 0.15) is 5.75 Å². The molecule has 19 heavy (non-hydrogen) atoms. The molecular formula is C15H23NO3. The normalized spacial score (nSPS) is 10.7. The fourth-order valence-electron chi connectivity index (χ4n) is 1.78. The van der Waals surface area contributed by atoms with Crippen LogP contribution in [-0.2, 0) is 4.79 Å². The second kappa shape index (κ2) is 8.53. The second-order valence-electron chi connectivity index (χ2n) is 4.82. The van der Waals surface area contributed by atoms with Crippen LogP contribution in [0.15, 0.2) is 24.3 Å². The topological polar surface area (TPSA) is 49.8 Å². The molecule has 1 N–H and O–H groups in total. The molecule has 0 saturated heterocycles. The van der Waals surface area contributed by atoms with Crippen LogP contribution in [0.1, 0.15) is 24.8 Å². The summed E-state index contributed by atoms with van der Waals surface area (Å²) in [5.74, 6) is 0.175. The van der Waals surface area contributed by atoms with Gasteiger partial charge in [0.05, 0.1) is 13.0 Å². The van der Waals surface area contributed by atoms with Gasteiger partial charge in [-0.15, -0.1) is 0 Å². The van der Waals surface area contributed by atoms with Crippen LogP contribution in [0.3, 0.4) is 0 Å². The molecule has 0 spiro atoms. The lowest BCUT2D eigenvalue weighted by molar-refractivity contribution is -0.137. The number of rotatable bonds is 9. The van der Waals surface area contributed by atoms with E-state index in [1.54, 1.807) is 0 Å². The van der Waals surface area contributed by atoms with Crippen LogP contribution in [0.4, 0.5) is 0 Å². The summed E-state index contributed by atoms with van der Waals surface area (Å²) in [7, 11) is 1.95. The van der Waals surface area contributed by atoms with Crippen molar-refractivity contribution in [3.8, 4) is 5.75 Å². The Morgan fingerprint density at radius 2 is 2.11 bits per heavy atom. The van der Waals surface area contributed by atoms with Crippen LogP contribution in [0.25, 0.3) is 0 Å². The highest BCUT2D eigenvalue weighted by Crippen LogP contribution is 2.12. The molecule has 4 heteroatoms. The van der Waals surface area contributed by atoms with Crippen LogP contribution in [0.5, 0.6) is 5.75 Å². The van der Waals surface area contributed by atoms with E-state index in [-0.39, 0.29) is 6.42 Å². The fourth-order valence-corrected chi connectivity index (χ4v) is 1.78. The Morgan fingerprint density at radius 3 is 2.79 bits per heavy atom. The van der Waals surface area contributed by atoms with Gasteiger partial charge in [0.2, 0.25) is 0 Å². The van der Waals surface area contributed by atoms with E-state index >= 15 is 0 Å². The van der Waals surface area contributed by atoms with Gasteiger partial charge >= 0.3 is 5.97 Å². The van der Waals surface area contributed by atoms with Crippen molar-refractivity contribution in [2.75, 3.05) is 26.7 Å². The largest absolute Gasteiger partial charge is 0.494 e.